The number of nitrogens with one attached hydrogen (secondary N) is 2. The molecule has 0 spiro atoms. The van der Waals surface area contributed by atoms with Crippen LogP contribution in [-0.2, 0) is 22.9 Å². The molecule has 1 fully saturated rings. The van der Waals surface area contributed by atoms with Gasteiger partial charge in [0.15, 0.2) is 0 Å². The van der Waals surface area contributed by atoms with Crippen molar-refractivity contribution in [3.8, 4) is 0 Å². The number of hydrogen-bond acceptors (Lipinski definition) is 3. The van der Waals surface area contributed by atoms with Gasteiger partial charge in [-0.05, 0) is 68.8 Å². The highest BCUT2D eigenvalue weighted by atomic mass is 32.2. The van der Waals surface area contributed by atoms with E-state index in [-0.39, 0.29) is 5.54 Å². The minimum atomic E-state index is -3.43. The first-order chi connectivity index (χ1) is 9.49. The third kappa shape index (κ3) is 2.75. The van der Waals surface area contributed by atoms with Gasteiger partial charge in [-0.15, -0.1) is 0 Å². The summed E-state index contributed by atoms with van der Waals surface area (Å²) >= 11 is 0. The van der Waals surface area contributed by atoms with Gasteiger partial charge in [0.05, 0.1) is 4.90 Å². The molecular weight excluding hydrogens is 272 g/mol. The first-order valence-corrected chi connectivity index (χ1v) is 8.83. The highest BCUT2D eigenvalue weighted by molar-refractivity contribution is 7.89. The SMILES string of the molecule is CC1(NS(=O)(=O)c2ccc3c(c2)CCCC3)CCNC1. The average Bonchev–Trinajstić information content (AvgIpc) is 2.83. The van der Waals surface area contributed by atoms with Crippen molar-refractivity contribution in [1.82, 2.24) is 10.0 Å². The first-order valence-electron chi connectivity index (χ1n) is 7.35. The highest BCUT2D eigenvalue weighted by Gasteiger charge is 2.33. The third-order valence-electron chi connectivity index (χ3n) is 4.38. The van der Waals surface area contributed by atoms with Crippen LogP contribution in [0.25, 0.3) is 0 Å². The van der Waals surface area contributed by atoms with Crippen molar-refractivity contribution >= 4 is 10.0 Å². The summed E-state index contributed by atoms with van der Waals surface area (Å²) in [6, 6.07) is 5.60. The van der Waals surface area contributed by atoms with Gasteiger partial charge >= 0.3 is 0 Å². The van der Waals surface area contributed by atoms with Crippen LogP contribution in [0.2, 0.25) is 0 Å². The molecule has 1 aliphatic heterocycles. The lowest BCUT2D eigenvalue weighted by Crippen LogP contribution is -2.47. The van der Waals surface area contributed by atoms with Crippen LogP contribution in [-0.4, -0.2) is 27.0 Å². The lowest BCUT2D eigenvalue weighted by molar-refractivity contribution is 0.452. The van der Waals surface area contributed by atoms with Crippen LogP contribution in [0.1, 0.15) is 37.3 Å². The predicted molar refractivity (Wildman–Crippen MR) is 79.3 cm³/mol. The second-order valence-electron chi connectivity index (χ2n) is 6.23. The van der Waals surface area contributed by atoms with Crippen molar-refractivity contribution in [2.45, 2.75) is 49.5 Å². The summed E-state index contributed by atoms with van der Waals surface area (Å²) in [6.45, 7) is 3.52. The molecule has 110 valence electrons. The molecular formula is C15H22N2O2S. The Morgan fingerprint density at radius 2 is 1.95 bits per heavy atom. The second kappa shape index (κ2) is 5.13. The summed E-state index contributed by atoms with van der Waals surface area (Å²) in [6.07, 6.45) is 5.27. The van der Waals surface area contributed by atoms with Gasteiger partial charge in [0.2, 0.25) is 10.0 Å². The fourth-order valence-electron chi connectivity index (χ4n) is 3.16. The Bertz CT molecular complexity index is 604. The maximum atomic E-state index is 12.5. The van der Waals surface area contributed by atoms with Crippen LogP contribution in [0.15, 0.2) is 23.1 Å². The molecule has 2 N–H and O–H groups in total. The molecule has 0 radical (unpaired) electrons. The quantitative estimate of drug-likeness (QED) is 0.890. The van der Waals surface area contributed by atoms with Crippen molar-refractivity contribution in [2.24, 2.45) is 0 Å². The number of aryl methyl sites for hydroxylation is 2. The van der Waals surface area contributed by atoms with Crippen molar-refractivity contribution in [1.29, 1.82) is 0 Å². The van der Waals surface area contributed by atoms with Crippen LogP contribution >= 0.6 is 0 Å². The predicted octanol–water partition coefficient (Wildman–Crippen LogP) is 1.60. The Morgan fingerprint density at radius 1 is 1.20 bits per heavy atom. The van der Waals surface area contributed by atoms with E-state index in [9.17, 15) is 8.42 Å². The van der Waals surface area contributed by atoms with E-state index in [1.807, 2.05) is 19.1 Å². The molecule has 0 bridgehead atoms. The molecule has 1 heterocycles. The Balaban J connectivity index is 1.87. The van der Waals surface area contributed by atoms with Gasteiger partial charge in [-0.3, -0.25) is 0 Å². The molecule has 20 heavy (non-hydrogen) atoms. The summed E-state index contributed by atoms with van der Waals surface area (Å²) in [5, 5.41) is 3.21. The normalized spacial score (nSPS) is 26.4. The number of hydrogen-bond donors (Lipinski definition) is 2. The zero-order chi connectivity index (χ0) is 14.2. The number of benzene rings is 1. The largest absolute Gasteiger partial charge is 0.315 e. The van der Waals surface area contributed by atoms with E-state index < -0.39 is 10.0 Å². The maximum absolute atomic E-state index is 12.5. The third-order valence-corrected chi connectivity index (χ3v) is 6.02. The average molecular weight is 294 g/mol. The summed E-state index contributed by atoms with van der Waals surface area (Å²) in [4.78, 5) is 0.409. The topological polar surface area (TPSA) is 58.2 Å². The van der Waals surface area contributed by atoms with Gasteiger partial charge in [0.25, 0.3) is 0 Å². The molecule has 5 heteroatoms. The van der Waals surface area contributed by atoms with Crippen LogP contribution in [0.3, 0.4) is 0 Å². The van der Waals surface area contributed by atoms with E-state index in [0.29, 0.717) is 11.4 Å². The minimum absolute atomic E-state index is 0.366. The summed E-state index contributed by atoms with van der Waals surface area (Å²) < 4.78 is 27.9. The minimum Gasteiger partial charge on any atom is -0.315 e. The molecule has 1 atom stereocenters. The molecule has 0 amide bonds. The smallest absolute Gasteiger partial charge is 0.241 e. The van der Waals surface area contributed by atoms with Crippen LogP contribution in [0.4, 0.5) is 0 Å². The Hall–Kier alpha value is -0.910. The lowest BCUT2D eigenvalue weighted by atomic mass is 9.92. The van der Waals surface area contributed by atoms with Gasteiger partial charge in [0, 0.05) is 12.1 Å². The van der Waals surface area contributed by atoms with E-state index >= 15 is 0 Å². The molecule has 2 aliphatic rings. The molecule has 1 aromatic carbocycles. The van der Waals surface area contributed by atoms with Gasteiger partial charge in [-0.2, -0.15) is 0 Å². The lowest BCUT2D eigenvalue weighted by Gasteiger charge is -2.25. The Morgan fingerprint density at radius 3 is 2.65 bits per heavy atom. The van der Waals surface area contributed by atoms with Gasteiger partial charge in [-0.25, -0.2) is 13.1 Å². The molecule has 1 aliphatic carbocycles. The highest BCUT2D eigenvalue weighted by Crippen LogP contribution is 2.25. The Labute approximate surface area is 121 Å². The zero-order valence-corrected chi connectivity index (χ0v) is 12.7. The molecule has 4 nitrogen and oxygen atoms in total. The fourth-order valence-corrected chi connectivity index (χ4v) is 4.65. The standard InChI is InChI=1S/C15H22N2O2S/c1-15(8-9-16-11-15)17-20(18,19)14-7-6-12-4-2-3-5-13(12)10-14/h6-7,10,16-17H,2-5,8-9,11H2,1H3. The van der Waals surface area contributed by atoms with Crippen LogP contribution < -0.4 is 10.0 Å². The van der Waals surface area contributed by atoms with Crippen molar-refractivity contribution in [3.05, 3.63) is 29.3 Å². The summed E-state index contributed by atoms with van der Waals surface area (Å²) in [7, 11) is -3.43. The molecule has 0 aromatic heterocycles. The molecule has 0 saturated carbocycles. The summed E-state index contributed by atoms with van der Waals surface area (Å²) in [5.74, 6) is 0. The molecule has 1 aromatic rings. The molecule has 1 saturated heterocycles. The Kier molecular flexibility index (Phi) is 3.60. The number of rotatable bonds is 3. The monoisotopic (exact) mass is 294 g/mol. The zero-order valence-electron chi connectivity index (χ0n) is 11.9. The van der Waals surface area contributed by atoms with Gasteiger partial charge in [0.1, 0.15) is 0 Å². The van der Waals surface area contributed by atoms with Crippen molar-refractivity contribution in [2.75, 3.05) is 13.1 Å². The molecule has 3 rings (SSSR count). The van der Waals surface area contributed by atoms with Crippen LogP contribution in [0, 0.1) is 0 Å². The van der Waals surface area contributed by atoms with Crippen molar-refractivity contribution in [3.63, 3.8) is 0 Å². The van der Waals surface area contributed by atoms with Gasteiger partial charge in [-0.1, -0.05) is 6.07 Å². The van der Waals surface area contributed by atoms with Crippen molar-refractivity contribution < 1.29 is 8.42 Å². The van der Waals surface area contributed by atoms with E-state index in [2.05, 4.69) is 10.0 Å². The van der Waals surface area contributed by atoms with E-state index in [4.69, 9.17) is 0 Å². The maximum Gasteiger partial charge on any atom is 0.241 e. The molecule has 1 unspecified atom stereocenters. The van der Waals surface area contributed by atoms with Gasteiger partial charge < -0.3 is 5.32 Å². The van der Waals surface area contributed by atoms with E-state index in [0.717, 1.165) is 32.2 Å². The second-order valence-corrected chi connectivity index (χ2v) is 7.91. The summed E-state index contributed by atoms with van der Waals surface area (Å²) in [5.41, 5.74) is 2.15. The van der Waals surface area contributed by atoms with Crippen LogP contribution in [0.5, 0.6) is 0 Å². The number of sulfonamides is 1. The number of fused-ring (bicyclic) bond motifs is 1. The van der Waals surface area contributed by atoms with E-state index in [1.165, 1.54) is 17.5 Å². The fraction of sp³-hybridized carbons (Fsp3) is 0.600. The van der Waals surface area contributed by atoms with E-state index in [1.54, 1.807) is 6.07 Å². The first kappa shape index (κ1) is 14.0.